The minimum absolute atomic E-state index is 0.152. The molecule has 0 atom stereocenters. The number of benzene rings is 6. The van der Waals surface area contributed by atoms with Gasteiger partial charge in [-0.15, -0.1) is 0 Å². The van der Waals surface area contributed by atoms with Gasteiger partial charge in [-0.3, -0.25) is 0 Å². The molecule has 0 saturated carbocycles. The molecule has 30 heavy (non-hydrogen) atoms. The van der Waals surface area contributed by atoms with Crippen molar-refractivity contribution in [3.63, 3.8) is 0 Å². The lowest BCUT2D eigenvalue weighted by molar-refractivity contribution is 0.475. The monoisotopic (exact) mass is 392 g/mol. The quantitative estimate of drug-likeness (QED) is 0.230. The van der Waals surface area contributed by atoms with Crippen LogP contribution in [0.5, 0.6) is 23.0 Å². The Morgan fingerprint density at radius 3 is 0.767 bits per heavy atom. The number of phenolic OH excluding ortho intramolecular Hbond substituents is 4. The Labute approximate surface area is 170 Å². The summed E-state index contributed by atoms with van der Waals surface area (Å²) in [5.74, 6) is 0.608. The molecule has 0 aliphatic rings. The molecule has 0 heterocycles. The third-order valence-electron chi connectivity index (χ3n) is 5.92. The zero-order valence-electron chi connectivity index (χ0n) is 15.7. The van der Waals surface area contributed by atoms with E-state index in [4.69, 9.17) is 0 Å². The number of rotatable bonds is 0. The van der Waals surface area contributed by atoms with Crippen LogP contribution in [0.4, 0.5) is 0 Å². The van der Waals surface area contributed by atoms with Gasteiger partial charge in [0.25, 0.3) is 0 Å². The molecule has 6 aromatic rings. The highest BCUT2D eigenvalue weighted by Gasteiger charge is 2.17. The second-order valence-electron chi connectivity index (χ2n) is 7.67. The highest BCUT2D eigenvalue weighted by atomic mass is 16.3. The van der Waals surface area contributed by atoms with Gasteiger partial charge in [-0.25, -0.2) is 0 Å². The largest absolute Gasteiger partial charge is 0.508 e. The topological polar surface area (TPSA) is 80.9 Å². The van der Waals surface area contributed by atoms with Gasteiger partial charge in [-0.05, 0) is 102 Å². The Balaban J connectivity index is 2.08. The van der Waals surface area contributed by atoms with Crippen LogP contribution in [0.15, 0.2) is 72.8 Å². The lowest BCUT2D eigenvalue weighted by Gasteiger charge is -2.17. The third kappa shape index (κ3) is 2.16. The number of hydrogen-bond acceptors (Lipinski definition) is 4. The molecule has 4 N–H and O–H groups in total. The number of aromatic hydroxyl groups is 4. The van der Waals surface area contributed by atoms with Gasteiger partial charge in [0.15, 0.2) is 0 Å². The van der Waals surface area contributed by atoms with Crippen molar-refractivity contribution in [1.82, 2.24) is 0 Å². The molecular weight excluding hydrogens is 376 g/mol. The van der Waals surface area contributed by atoms with Crippen molar-refractivity contribution < 1.29 is 20.4 Å². The zero-order valence-corrected chi connectivity index (χ0v) is 15.7. The Bertz CT molecular complexity index is 1430. The van der Waals surface area contributed by atoms with E-state index in [2.05, 4.69) is 0 Å². The fourth-order valence-corrected chi connectivity index (χ4v) is 4.72. The molecule has 0 aliphatic heterocycles. The first-order valence-electron chi connectivity index (χ1n) is 9.60. The lowest BCUT2D eigenvalue weighted by atomic mass is 9.87. The molecule has 144 valence electrons. The first-order valence-corrected chi connectivity index (χ1v) is 9.60. The second-order valence-corrected chi connectivity index (χ2v) is 7.67. The summed E-state index contributed by atoms with van der Waals surface area (Å²) in [6, 6.07) is 21.0. The van der Waals surface area contributed by atoms with Gasteiger partial charge in [0, 0.05) is 0 Å². The van der Waals surface area contributed by atoms with Gasteiger partial charge in [0.1, 0.15) is 23.0 Å². The molecule has 0 spiro atoms. The molecule has 0 aliphatic carbocycles. The fourth-order valence-electron chi connectivity index (χ4n) is 4.72. The summed E-state index contributed by atoms with van der Waals surface area (Å²) in [4.78, 5) is 0. The van der Waals surface area contributed by atoms with E-state index in [-0.39, 0.29) is 23.0 Å². The van der Waals surface area contributed by atoms with E-state index in [0.29, 0.717) is 0 Å². The minimum Gasteiger partial charge on any atom is -0.508 e. The summed E-state index contributed by atoms with van der Waals surface area (Å²) in [6.07, 6.45) is 0. The third-order valence-corrected chi connectivity index (χ3v) is 5.92. The average Bonchev–Trinajstić information content (AvgIpc) is 2.73. The van der Waals surface area contributed by atoms with Crippen LogP contribution in [0.2, 0.25) is 0 Å². The van der Waals surface area contributed by atoms with Crippen LogP contribution in [0.1, 0.15) is 0 Å². The van der Waals surface area contributed by atoms with E-state index >= 15 is 0 Å². The van der Waals surface area contributed by atoms with Crippen molar-refractivity contribution >= 4 is 53.9 Å². The van der Waals surface area contributed by atoms with Crippen LogP contribution in [-0.2, 0) is 0 Å². The summed E-state index contributed by atoms with van der Waals surface area (Å²) in [6.45, 7) is 0. The second kappa shape index (κ2) is 5.67. The average molecular weight is 392 g/mol. The standard InChI is InChI=1S/C26H16O4/c27-13-1-5-17-21(9-13)22-10-14(28)3-7-19(22)26-20-8-4-16(30)12-24(20)23-11-15(29)2-6-18(23)25(17)26/h1-12,27-30H. The number of phenols is 4. The maximum absolute atomic E-state index is 10.2. The van der Waals surface area contributed by atoms with E-state index in [1.165, 1.54) is 0 Å². The molecule has 0 amide bonds. The molecule has 0 saturated heterocycles. The van der Waals surface area contributed by atoms with E-state index < -0.39 is 0 Å². The van der Waals surface area contributed by atoms with Crippen LogP contribution in [0.3, 0.4) is 0 Å². The summed E-state index contributed by atoms with van der Waals surface area (Å²) < 4.78 is 0. The Morgan fingerprint density at radius 2 is 0.533 bits per heavy atom. The van der Waals surface area contributed by atoms with Crippen LogP contribution >= 0.6 is 0 Å². The van der Waals surface area contributed by atoms with Crippen molar-refractivity contribution in [3.8, 4) is 23.0 Å². The molecule has 0 aromatic heterocycles. The normalized spacial score (nSPS) is 11.9. The van der Waals surface area contributed by atoms with Crippen molar-refractivity contribution in [2.75, 3.05) is 0 Å². The number of hydrogen-bond donors (Lipinski definition) is 4. The summed E-state index contributed by atoms with van der Waals surface area (Å²) in [5, 5.41) is 49.7. The van der Waals surface area contributed by atoms with E-state index in [9.17, 15) is 20.4 Å². The zero-order chi connectivity index (χ0) is 20.6. The van der Waals surface area contributed by atoms with E-state index in [1.54, 1.807) is 48.5 Å². The smallest absolute Gasteiger partial charge is 0.116 e. The Kier molecular flexibility index (Phi) is 3.17. The van der Waals surface area contributed by atoms with E-state index in [0.717, 1.165) is 53.9 Å². The van der Waals surface area contributed by atoms with Crippen LogP contribution in [-0.4, -0.2) is 20.4 Å². The van der Waals surface area contributed by atoms with Crippen LogP contribution < -0.4 is 0 Å². The molecule has 0 radical (unpaired) electrons. The summed E-state index contributed by atoms with van der Waals surface area (Å²) in [5.41, 5.74) is 0. The number of fused-ring (bicyclic) bond motifs is 11. The van der Waals surface area contributed by atoms with Crippen molar-refractivity contribution in [2.24, 2.45) is 0 Å². The van der Waals surface area contributed by atoms with Gasteiger partial charge >= 0.3 is 0 Å². The first-order chi connectivity index (χ1) is 14.5. The van der Waals surface area contributed by atoms with Crippen LogP contribution in [0, 0.1) is 0 Å². The van der Waals surface area contributed by atoms with Gasteiger partial charge < -0.3 is 20.4 Å². The van der Waals surface area contributed by atoms with Crippen molar-refractivity contribution in [1.29, 1.82) is 0 Å². The maximum Gasteiger partial charge on any atom is 0.116 e. The Hall–Kier alpha value is -4.18. The first kappa shape index (κ1) is 16.7. The van der Waals surface area contributed by atoms with Crippen molar-refractivity contribution in [3.05, 3.63) is 72.8 Å². The highest BCUT2D eigenvalue weighted by Crippen LogP contribution is 2.46. The Morgan fingerprint density at radius 1 is 0.300 bits per heavy atom. The minimum atomic E-state index is 0.152. The van der Waals surface area contributed by atoms with Crippen molar-refractivity contribution in [2.45, 2.75) is 0 Å². The molecule has 6 rings (SSSR count). The molecule has 0 unspecified atom stereocenters. The summed E-state index contributed by atoms with van der Waals surface area (Å²) in [7, 11) is 0. The predicted molar refractivity (Wildman–Crippen MR) is 121 cm³/mol. The van der Waals surface area contributed by atoms with Gasteiger partial charge in [0.2, 0.25) is 0 Å². The molecular formula is C26H16O4. The van der Waals surface area contributed by atoms with E-state index in [1.807, 2.05) is 24.3 Å². The molecule has 0 fully saturated rings. The molecule has 0 bridgehead atoms. The lowest BCUT2D eigenvalue weighted by Crippen LogP contribution is -1.88. The van der Waals surface area contributed by atoms with Crippen LogP contribution in [0.25, 0.3) is 53.9 Å². The molecule has 6 aromatic carbocycles. The van der Waals surface area contributed by atoms with Gasteiger partial charge in [-0.2, -0.15) is 0 Å². The highest BCUT2D eigenvalue weighted by molar-refractivity contribution is 6.39. The predicted octanol–water partition coefficient (Wildman–Crippen LogP) is 6.28. The molecule has 4 nitrogen and oxygen atoms in total. The maximum atomic E-state index is 10.2. The summed E-state index contributed by atoms with van der Waals surface area (Å²) >= 11 is 0. The fraction of sp³-hybridized carbons (Fsp3) is 0. The SMILES string of the molecule is Oc1ccc2c(c1)c1cc(O)ccc1c1c3ccc(O)cc3c3cc(O)ccc3c21. The van der Waals surface area contributed by atoms with Gasteiger partial charge in [0.05, 0.1) is 0 Å². The van der Waals surface area contributed by atoms with Gasteiger partial charge in [-0.1, -0.05) is 24.3 Å². The molecule has 4 heteroatoms.